The Hall–Kier alpha value is -2.22. The zero-order chi connectivity index (χ0) is 26.2. The maximum atomic E-state index is 9.86. The fourth-order valence-corrected chi connectivity index (χ4v) is 8.77. The molecule has 0 aliphatic heterocycles. The Morgan fingerprint density at radius 2 is 1.66 bits per heavy atom. The van der Waals surface area contributed by atoms with Gasteiger partial charge in [0.1, 0.15) is 0 Å². The van der Waals surface area contributed by atoms with Gasteiger partial charge in [-0.1, -0.05) is 19.3 Å². The van der Waals surface area contributed by atoms with E-state index in [2.05, 4.69) is 53.8 Å². The van der Waals surface area contributed by atoms with Crippen LogP contribution in [0.1, 0.15) is 78.7 Å². The number of benzene rings is 3. The number of rotatable bonds is 11. The van der Waals surface area contributed by atoms with Crippen molar-refractivity contribution >= 4 is 20.1 Å². The van der Waals surface area contributed by atoms with Crippen molar-refractivity contribution in [3.8, 4) is 11.5 Å². The van der Waals surface area contributed by atoms with Crippen molar-refractivity contribution in [1.82, 2.24) is 5.32 Å². The first kappa shape index (κ1) is 27.3. The first-order chi connectivity index (χ1) is 18.7. The zero-order valence-electron chi connectivity index (χ0n) is 22.9. The summed E-state index contributed by atoms with van der Waals surface area (Å²) in [6.45, 7) is 1.10. The van der Waals surface area contributed by atoms with Crippen LogP contribution < -0.4 is 14.4 Å². The second-order valence-electron chi connectivity index (χ2n) is 11.2. The molecule has 0 bridgehead atoms. The third-order valence-corrected chi connectivity index (χ3v) is 11.1. The van der Waals surface area contributed by atoms with Crippen LogP contribution in [-0.4, -0.2) is 40.6 Å². The monoisotopic (exact) mass is 572 g/mol. The minimum atomic E-state index is 0.105. The molecule has 5 rings (SSSR count). The topological polar surface area (TPSA) is 41.5 Å². The number of hydrogen-bond donors (Lipinski definition) is 2. The van der Waals surface area contributed by atoms with Gasteiger partial charge in [0.05, 0.1) is 0 Å². The molecule has 2 aliphatic rings. The molecular formula is C34H43AsNO2. The molecule has 0 aromatic heterocycles. The Balaban J connectivity index is 1.11. The Bertz CT molecular complexity index is 1170. The third-order valence-electron chi connectivity index (χ3n) is 8.48. The Morgan fingerprint density at radius 3 is 2.45 bits per heavy atom. The van der Waals surface area contributed by atoms with E-state index in [4.69, 9.17) is 4.74 Å². The summed E-state index contributed by atoms with van der Waals surface area (Å²) >= 11 is 0.105. The average molecular weight is 573 g/mol. The van der Waals surface area contributed by atoms with Crippen molar-refractivity contribution in [2.45, 2.75) is 87.8 Å². The predicted octanol–water partition coefficient (Wildman–Crippen LogP) is 6.52. The molecule has 38 heavy (non-hydrogen) atoms. The molecule has 4 heteroatoms. The van der Waals surface area contributed by atoms with Gasteiger partial charge in [0.15, 0.2) is 0 Å². The normalized spacial score (nSPS) is 18.1. The van der Waals surface area contributed by atoms with E-state index in [-0.39, 0.29) is 15.8 Å². The molecule has 2 aliphatic carbocycles. The van der Waals surface area contributed by atoms with E-state index >= 15 is 0 Å². The van der Waals surface area contributed by atoms with Gasteiger partial charge >= 0.3 is 217 Å². The number of fused-ring (bicyclic) bond motifs is 1. The van der Waals surface area contributed by atoms with Crippen LogP contribution in [0.15, 0.2) is 60.7 Å². The van der Waals surface area contributed by atoms with Crippen LogP contribution >= 0.6 is 0 Å². The fourth-order valence-electron chi connectivity index (χ4n) is 6.22. The molecule has 0 spiro atoms. The van der Waals surface area contributed by atoms with E-state index < -0.39 is 0 Å². The number of methoxy groups -OCH3 is 1. The molecule has 3 nitrogen and oxygen atoms in total. The summed E-state index contributed by atoms with van der Waals surface area (Å²) < 4.78 is 7.13. The van der Waals surface area contributed by atoms with Gasteiger partial charge in [-0.2, -0.15) is 0 Å². The average Bonchev–Trinajstić information content (AvgIpc) is 2.96. The fraction of sp³-hybridized carbons (Fsp3) is 0.471. The Kier molecular flexibility index (Phi) is 9.87. The standard InChI is InChI=1S/C34H43AsNO2/c1-38-32-17-18-33(29-14-13-28-23-31(37)16-15-27(28)22-29)34(24-32)35-20-5-6-25-9-11-26(12-10-25)19-21-36-30-7-3-2-4-8-30/h9-12,15-18,23-24,29-30,36-37H,2-8,13-14,19-22H2,1H3/t29-/m1/s1. The van der Waals surface area contributed by atoms with E-state index in [0.717, 1.165) is 50.4 Å². The Labute approximate surface area is 236 Å². The molecule has 0 heterocycles. The quantitative estimate of drug-likeness (QED) is 0.203. The van der Waals surface area contributed by atoms with Crippen LogP contribution in [0, 0.1) is 0 Å². The van der Waals surface area contributed by atoms with Gasteiger partial charge in [-0.05, 0) is 0 Å². The van der Waals surface area contributed by atoms with Crippen LogP contribution in [0.5, 0.6) is 11.5 Å². The number of hydrogen-bond acceptors (Lipinski definition) is 3. The molecule has 3 aromatic carbocycles. The van der Waals surface area contributed by atoms with Gasteiger partial charge in [0, 0.05) is 0 Å². The van der Waals surface area contributed by atoms with Gasteiger partial charge in [-0.15, -0.1) is 0 Å². The molecule has 0 unspecified atom stereocenters. The molecular weight excluding hydrogens is 529 g/mol. The second-order valence-corrected chi connectivity index (χ2v) is 13.8. The predicted molar refractivity (Wildman–Crippen MR) is 159 cm³/mol. The summed E-state index contributed by atoms with van der Waals surface area (Å²) in [5.74, 6) is 1.93. The van der Waals surface area contributed by atoms with Gasteiger partial charge in [0.25, 0.3) is 0 Å². The van der Waals surface area contributed by atoms with Gasteiger partial charge in [-0.25, -0.2) is 0 Å². The molecule has 1 atom stereocenters. The second kappa shape index (κ2) is 13.7. The number of aryl methyl sites for hydroxylation is 2. The summed E-state index contributed by atoms with van der Waals surface area (Å²) in [6, 6.07) is 22.8. The summed E-state index contributed by atoms with van der Waals surface area (Å²) in [5.41, 5.74) is 7.15. The van der Waals surface area contributed by atoms with Crippen LogP contribution in [0.2, 0.25) is 5.21 Å². The summed E-state index contributed by atoms with van der Waals surface area (Å²) in [5, 5.41) is 14.9. The molecule has 1 saturated carbocycles. The van der Waals surface area contributed by atoms with Crippen molar-refractivity contribution in [3.05, 3.63) is 88.5 Å². The van der Waals surface area contributed by atoms with Gasteiger partial charge in [-0.3, -0.25) is 0 Å². The third kappa shape index (κ3) is 7.45. The van der Waals surface area contributed by atoms with Crippen LogP contribution in [-0.2, 0) is 25.7 Å². The zero-order valence-corrected chi connectivity index (χ0v) is 24.8. The summed E-state index contributed by atoms with van der Waals surface area (Å²) in [6.07, 6.45) is 13.7. The van der Waals surface area contributed by atoms with Crippen molar-refractivity contribution in [3.63, 3.8) is 0 Å². The van der Waals surface area contributed by atoms with Crippen LogP contribution in [0.25, 0.3) is 0 Å². The Morgan fingerprint density at radius 1 is 0.868 bits per heavy atom. The van der Waals surface area contributed by atoms with E-state index in [1.807, 2.05) is 12.1 Å². The van der Waals surface area contributed by atoms with Gasteiger partial charge in [0.2, 0.25) is 0 Å². The van der Waals surface area contributed by atoms with E-state index in [9.17, 15) is 5.11 Å². The van der Waals surface area contributed by atoms with Crippen molar-refractivity contribution in [2.75, 3.05) is 13.7 Å². The molecule has 3 aromatic rings. The molecule has 201 valence electrons. The van der Waals surface area contributed by atoms with Crippen LogP contribution in [0.4, 0.5) is 0 Å². The minimum absolute atomic E-state index is 0.105. The number of nitrogens with one attached hydrogen (secondary N) is 1. The number of phenolic OH excluding ortho intramolecular Hbond substituents is 1. The van der Waals surface area contributed by atoms with E-state index in [1.54, 1.807) is 7.11 Å². The molecule has 2 N–H and O–H groups in total. The number of aromatic hydroxyl groups is 1. The van der Waals surface area contributed by atoms with Crippen LogP contribution in [0.3, 0.4) is 0 Å². The molecule has 0 saturated heterocycles. The molecule has 1 fully saturated rings. The molecule has 1 radical (unpaired) electrons. The molecule has 0 amide bonds. The van der Waals surface area contributed by atoms with E-state index in [1.165, 1.54) is 75.9 Å². The van der Waals surface area contributed by atoms with E-state index in [0.29, 0.717) is 11.7 Å². The summed E-state index contributed by atoms with van der Waals surface area (Å²) in [4.78, 5) is 0. The first-order valence-electron chi connectivity index (χ1n) is 14.7. The van der Waals surface area contributed by atoms with Crippen molar-refractivity contribution in [1.29, 1.82) is 0 Å². The van der Waals surface area contributed by atoms with Gasteiger partial charge < -0.3 is 0 Å². The summed E-state index contributed by atoms with van der Waals surface area (Å²) in [7, 11) is 1.77. The van der Waals surface area contributed by atoms with Crippen molar-refractivity contribution in [2.24, 2.45) is 0 Å². The van der Waals surface area contributed by atoms with Crippen molar-refractivity contribution < 1.29 is 9.84 Å². The first-order valence-corrected chi connectivity index (χ1v) is 16.9. The number of ether oxygens (including phenoxy) is 1. The number of phenols is 1. The maximum absolute atomic E-state index is 9.86. The SMILES string of the molecule is COc1ccc([C@@H]2CCc3cc(O)ccc3C2)c([As]CCCc2ccc(CCNC3CCCCC3)cc2)c1.